The third kappa shape index (κ3) is 3.91. The zero-order valence-electron chi connectivity index (χ0n) is 18.2. The van der Waals surface area contributed by atoms with E-state index in [2.05, 4.69) is 15.1 Å². The lowest BCUT2D eigenvalue weighted by Gasteiger charge is -2.35. The number of piperazine rings is 1. The van der Waals surface area contributed by atoms with Gasteiger partial charge < -0.3 is 24.2 Å². The molecule has 32 heavy (non-hydrogen) atoms. The topological polar surface area (TPSA) is 71.0 Å². The van der Waals surface area contributed by atoms with Crippen LogP contribution < -0.4 is 19.3 Å². The summed E-state index contributed by atoms with van der Waals surface area (Å²) in [5, 5.41) is 8.83. The van der Waals surface area contributed by atoms with Crippen LogP contribution >= 0.6 is 0 Å². The van der Waals surface area contributed by atoms with Crippen LogP contribution in [0.4, 0.5) is 11.5 Å². The van der Waals surface area contributed by atoms with E-state index in [9.17, 15) is 4.79 Å². The first kappa shape index (κ1) is 20.1. The third-order valence-corrected chi connectivity index (χ3v) is 5.82. The lowest BCUT2D eigenvalue weighted by molar-refractivity contribution is 0.0746. The Bertz CT molecular complexity index is 1120. The molecule has 0 radical (unpaired) electrons. The van der Waals surface area contributed by atoms with Crippen LogP contribution in [0.5, 0.6) is 11.5 Å². The highest BCUT2D eigenvalue weighted by Crippen LogP contribution is 2.35. The second-order valence-corrected chi connectivity index (χ2v) is 8.07. The van der Waals surface area contributed by atoms with E-state index in [1.54, 1.807) is 0 Å². The Labute approximate surface area is 187 Å². The maximum absolute atomic E-state index is 12.9. The van der Waals surface area contributed by atoms with Crippen LogP contribution in [0.2, 0.25) is 0 Å². The van der Waals surface area contributed by atoms with Crippen LogP contribution in [0, 0.1) is 0 Å². The number of hydrogen-bond acceptors (Lipinski definition) is 7. The molecule has 0 N–H and O–H groups in total. The molecule has 1 saturated heterocycles. The molecule has 0 unspecified atom stereocenters. The van der Waals surface area contributed by atoms with Gasteiger partial charge in [0.15, 0.2) is 17.3 Å². The summed E-state index contributed by atoms with van der Waals surface area (Å²) in [7, 11) is 3.95. The van der Waals surface area contributed by atoms with Gasteiger partial charge in [-0.1, -0.05) is 6.07 Å². The SMILES string of the molecule is CN(C)c1cccc(C(=O)N2CCN(c3ccc(-c4ccc5c(c4)OCO5)nn3)CC2)c1. The summed E-state index contributed by atoms with van der Waals surface area (Å²) in [6, 6.07) is 17.4. The summed E-state index contributed by atoms with van der Waals surface area (Å²) in [4.78, 5) is 19.0. The highest BCUT2D eigenvalue weighted by Gasteiger charge is 2.23. The van der Waals surface area contributed by atoms with Crippen molar-refractivity contribution in [1.29, 1.82) is 0 Å². The summed E-state index contributed by atoms with van der Waals surface area (Å²) >= 11 is 0. The predicted molar refractivity (Wildman–Crippen MR) is 122 cm³/mol. The van der Waals surface area contributed by atoms with Crippen molar-refractivity contribution in [2.45, 2.75) is 0 Å². The van der Waals surface area contributed by atoms with E-state index in [4.69, 9.17) is 9.47 Å². The Morgan fingerprint density at radius 1 is 0.906 bits per heavy atom. The molecule has 0 saturated carbocycles. The number of anilines is 2. The quantitative estimate of drug-likeness (QED) is 0.629. The van der Waals surface area contributed by atoms with Gasteiger partial charge in [-0.15, -0.1) is 10.2 Å². The van der Waals surface area contributed by atoms with Crippen LogP contribution in [-0.4, -0.2) is 68.1 Å². The Kier molecular flexibility index (Phi) is 5.26. The van der Waals surface area contributed by atoms with Crippen molar-refractivity contribution in [3.8, 4) is 22.8 Å². The second-order valence-electron chi connectivity index (χ2n) is 8.07. The lowest BCUT2D eigenvalue weighted by atomic mass is 10.1. The average molecular weight is 431 g/mol. The number of hydrogen-bond donors (Lipinski definition) is 0. The highest BCUT2D eigenvalue weighted by atomic mass is 16.7. The van der Waals surface area contributed by atoms with Crippen LogP contribution in [0.15, 0.2) is 54.6 Å². The predicted octanol–water partition coefficient (Wildman–Crippen LogP) is 2.90. The summed E-state index contributed by atoms with van der Waals surface area (Å²) in [6.07, 6.45) is 0. The molecule has 164 valence electrons. The standard InChI is InChI=1S/C24H25N5O3/c1-27(2)19-5-3-4-18(14-19)24(30)29-12-10-28(11-13-29)23-9-7-20(25-26-23)17-6-8-21-22(15-17)32-16-31-21/h3-9,14-15H,10-13,16H2,1-2H3. The van der Waals surface area contributed by atoms with Crippen LogP contribution in [0.3, 0.4) is 0 Å². The van der Waals surface area contributed by atoms with Gasteiger partial charge in [-0.05, 0) is 48.5 Å². The van der Waals surface area contributed by atoms with Gasteiger partial charge in [0.1, 0.15) is 0 Å². The number of ether oxygens (including phenoxy) is 2. The maximum atomic E-state index is 12.9. The first-order valence-electron chi connectivity index (χ1n) is 10.6. The number of carbonyl (C=O) groups excluding carboxylic acids is 1. The zero-order valence-corrected chi connectivity index (χ0v) is 18.2. The van der Waals surface area contributed by atoms with Crippen molar-refractivity contribution in [3.63, 3.8) is 0 Å². The largest absolute Gasteiger partial charge is 0.454 e. The van der Waals surface area contributed by atoms with E-state index in [1.165, 1.54) is 0 Å². The third-order valence-electron chi connectivity index (χ3n) is 5.82. The number of carbonyl (C=O) groups is 1. The van der Waals surface area contributed by atoms with Crippen LogP contribution in [0.25, 0.3) is 11.3 Å². The molecule has 8 nitrogen and oxygen atoms in total. The Morgan fingerprint density at radius 3 is 2.47 bits per heavy atom. The number of fused-ring (bicyclic) bond motifs is 1. The molecular formula is C24H25N5O3. The highest BCUT2D eigenvalue weighted by molar-refractivity contribution is 5.95. The first-order chi connectivity index (χ1) is 15.6. The van der Waals surface area contributed by atoms with E-state index in [1.807, 2.05) is 78.5 Å². The second kappa shape index (κ2) is 8.37. The molecule has 0 bridgehead atoms. The fourth-order valence-electron chi connectivity index (χ4n) is 3.94. The zero-order chi connectivity index (χ0) is 22.1. The van der Waals surface area contributed by atoms with Crippen LogP contribution in [0.1, 0.15) is 10.4 Å². The molecule has 3 aromatic rings. The molecule has 1 amide bonds. The summed E-state index contributed by atoms with van der Waals surface area (Å²) in [5.74, 6) is 2.36. The number of rotatable bonds is 4. The van der Waals surface area contributed by atoms with E-state index >= 15 is 0 Å². The number of benzene rings is 2. The monoisotopic (exact) mass is 431 g/mol. The molecule has 2 aromatic carbocycles. The molecule has 0 atom stereocenters. The Morgan fingerprint density at radius 2 is 1.72 bits per heavy atom. The van der Waals surface area contributed by atoms with Crippen molar-refractivity contribution in [2.24, 2.45) is 0 Å². The minimum Gasteiger partial charge on any atom is -0.454 e. The molecule has 2 aliphatic rings. The maximum Gasteiger partial charge on any atom is 0.254 e. The average Bonchev–Trinajstić information content (AvgIpc) is 3.32. The van der Waals surface area contributed by atoms with Gasteiger partial charge in [0, 0.05) is 57.1 Å². The van der Waals surface area contributed by atoms with E-state index in [0.717, 1.165) is 52.9 Å². The number of amides is 1. The minimum atomic E-state index is 0.0672. The molecule has 5 rings (SSSR count). The van der Waals surface area contributed by atoms with E-state index in [0.29, 0.717) is 13.1 Å². The molecule has 8 heteroatoms. The van der Waals surface area contributed by atoms with Gasteiger partial charge in [-0.3, -0.25) is 4.79 Å². The van der Waals surface area contributed by atoms with Gasteiger partial charge in [-0.2, -0.15) is 0 Å². The molecule has 3 heterocycles. The first-order valence-corrected chi connectivity index (χ1v) is 10.6. The van der Waals surface area contributed by atoms with Crippen molar-refractivity contribution in [2.75, 3.05) is 56.9 Å². The van der Waals surface area contributed by atoms with Gasteiger partial charge >= 0.3 is 0 Å². The van der Waals surface area contributed by atoms with Gasteiger partial charge in [0.2, 0.25) is 6.79 Å². The van der Waals surface area contributed by atoms with Crippen LogP contribution in [-0.2, 0) is 0 Å². The fraction of sp³-hybridized carbons (Fsp3) is 0.292. The molecule has 0 aliphatic carbocycles. The Balaban J connectivity index is 1.23. The lowest BCUT2D eigenvalue weighted by Crippen LogP contribution is -2.49. The Hall–Kier alpha value is -3.81. The molecule has 2 aliphatic heterocycles. The van der Waals surface area contributed by atoms with Crippen molar-refractivity contribution < 1.29 is 14.3 Å². The summed E-state index contributed by atoms with van der Waals surface area (Å²) < 4.78 is 10.8. The minimum absolute atomic E-state index is 0.0672. The smallest absolute Gasteiger partial charge is 0.254 e. The number of nitrogens with zero attached hydrogens (tertiary/aromatic N) is 5. The molecule has 1 aromatic heterocycles. The molecule has 0 spiro atoms. The van der Waals surface area contributed by atoms with Gasteiger partial charge in [0.25, 0.3) is 5.91 Å². The molecular weight excluding hydrogens is 406 g/mol. The van der Waals surface area contributed by atoms with Gasteiger partial charge in [-0.25, -0.2) is 0 Å². The van der Waals surface area contributed by atoms with Gasteiger partial charge in [0.05, 0.1) is 5.69 Å². The number of aromatic nitrogens is 2. The fourth-order valence-corrected chi connectivity index (χ4v) is 3.94. The van der Waals surface area contributed by atoms with E-state index in [-0.39, 0.29) is 12.7 Å². The molecule has 1 fully saturated rings. The van der Waals surface area contributed by atoms with Crippen molar-refractivity contribution in [3.05, 3.63) is 60.2 Å². The van der Waals surface area contributed by atoms with Crippen molar-refractivity contribution >= 4 is 17.4 Å². The summed E-state index contributed by atoms with van der Waals surface area (Å²) in [5.41, 5.74) is 3.45. The van der Waals surface area contributed by atoms with E-state index < -0.39 is 0 Å². The summed E-state index contributed by atoms with van der Waals surface area (Å²) in [6.45, 7) is 2.99. The normalized spacial score (nSPS) is 15.1. The van der Waals surface area contributed by atoms with Crippen molar-refractivity contribution in [1.82, 2.24) is 15.1 Å².